The number of unbranched alkanes of at least 4 members (excludes halogenated alkanes) is 2. The number of aliphatic carboxylic acids is 1. The lowest BCUT2D eigenvalue weighted by atomic mass is 9.84. The molecule has 2 aliphatic rings. The second-order valence-corrected chi connectivity index (χ2v) is 10.2. The number of carbonyl (C=O) groups is 2. The smallest absolute Gasteiger partial charge is 0.308 e. The topological polar surface area (TPSA) is 101 Å². The third-order valence-corrected chi connectivity index (χ3v) is 7.68. The van der Waals surface area contributed by atoms with E-state index in [1.54, 1.807) is 22.9 Å². The Morgan fingerprint density at radius 1 is 1.05 bits per heavy atom. The Balaban J connectivity index is 1.61. The maximum absolute atomic E-state index is 13.5. The van der Waals surface area contributed by atoms with Crippen molar-refractivity contribution in [2.45, 2.75) is 64.5 Å². The standard InChI is InChI=1S/C29H39N3O6/c1-3-5-13-30(14-6-4-2)27(34)19-32-18-22(21-10-11-24-25(17-21)38-20-37-24)28(29(35)36)23(32)12-16-31-15-8-7-9-26(31)33/h7-11,15,17,22-23,28H,3-6,12-14,16,18-20H2,1-2H3,(H,35,36)/t22-,23+,28?/m1/s1. The van der Waals surface area contributed by atoms with Gasteiger partial charge in [-0.2, -0.15) is 0 Å². The summed E-state index contributed by atoms with van der Waals surface area (Å²) < 4.78 is 12.6. The molecule has 2 aromatic rings. The van der Waals surface area contributed by atoms with E-state index in [1.807, 2.05) is 28.0 Å². The predicted molar refractivity (Wildman–Crippen MR) is 144 cm³/mol. The first-order valence-corrected chi connectivity index (χ1v) is 13.7. The fourth-order valence-corrected chi connectivity index (χ4v) is 5.58. The van der Waals surface area contributed by atoms with Gasteiger partial charge >= 0.3 is 5.97 Å². The summed E-state index contributed by atoms with van der Waals surface area (Å²) in [6.07, 6.45) is 6.04. The van der Waals surface area contributed by atoms with Gasteiger partial charge in [0.05, 0.1) is 12.5 Å². The molecule has 0 aliphatic carbocycles. The van der Waals surface area contributed by atoms with Crippen LogP contribution in [-0.4, -0.2) is 70.4 Å². The quantitative estimate of drug-likeness (QED) is 0.427. The number of hydrogen-bond donors (Lipinski definition) is 1. The second-order valence-electron chi connectivity index (χ2n) is 10.2. The molecule has 0 saturated carbocycles. The highest BCUT2D eigenvalue weighted by Gasteiger charge is 2.47. The molecule has 1 unspecified atom stereocenters. The molecular formula is C29H39N3O6. The number of ether oxygens (including phenoxy) is 2. The van der Waals surface area contributed by atoms with E-state index in [0.29, 0.717) is 44.1 Å². The van der Waals surface area contributed by atoms with Crippen LogP contribution in [0.15, 0.2) is 47.4 Å². The lowest BCUT2D eigenvalue weighted by Crippen LogP contribution is -2.45. The van der Waals surface area contributed by atoms with Crippen LogP contribution < -0.4 is 15.0 Å². The van der Waals surface area contributed by atoms with Crippen LogP contribution in [0.25, 0.3) is 0 Å². The monoisotopic (exact) mass is 525 g/mol. The van der Waals surface area contributed by atoms with Gasteiger partial charge in [-0.25, -0.2) is 0 Å². The van der Waals surface area contributed by atoms with Crippen molar-refractivity contribution in [3.63, 3.8) is 0 Å². The zero-order chi connectivity index (χ0) is 27.1. The normalized spacial score (nSPS) is 20.5. The maximum Gasteiger partial charge on any atom is 0.308 e. The number of nitrogens with zero attached hydrogens (tertiary/aromatic N) is 3. The third kappa shape index (κ3) is 6.38. The molecule has 4 rings (SSSR count). The number of benzene rings is 1. The van der Waals surface area contributed by atoms with Gasteiger partial charge in [0.1, 0.15) is 0 Å². The molecule has 0 bridgehead atoms. The molecule has 0 radical (unpaired) electrons. The Morgan fingerprint density at radius 2 is 1.79 bits per heavy atom. The van der Waals surface area contributed by atoms with E-state index in [9.17, 15) is 19.5 Å². The van der Waals surface area contributed by atoms with Gasteiger partial charge in [0, 0.05) is 50.4 Å². The molecule has 38 heavy (non-hydrogen) atoms. The molecule has 1 saturated heterocycles. The number of carboxylic acids is 1. The number of pyridine rings is 1. The summed E-state index contributed by atoms with van der Waals surface area (Å²) in [6.45, 7) is 6.76. The minimum atomic E-state index is -0.901. The number of likely N-dealkylation sites (tertiary alicyclic amines) is 1. The lowest BCUT2D eigenvalue weighted by Gasteiger charge is -2.30. The zero-order valence-electron chi connectivity index (χ0n) is 22.4. The lowest BCUT2D eigenvalue weighted by molar-refractivity contribution is -0.144. The van der Waals surface area contributed by atoms with Crippen LogP contribution in [0.5, 0.6) is 11.5 Å². The Labute approximate surface area is 224 Å². The minimum Gasteiger partial charge on any atom is -0.481 e. The van der Waals surface area contributed by atoms with E-state index < -0.39 is 17.9 Å². The first-order valence-electron chi connectivity index (χ1n) is 13.7. The van der Waals surface area contributed by atoms with E-state index in [4.69, 9.17) is 9.47 Å². The van der Waals surface area contributed by atoms with Crippen molar-refractivity contribution in [3.8, 4) is 11.5 Å². The molecule has 1 N–H and O–H groups in total. The molecule has 1 aromatic carbocycles. The van der Waals surface area contributed by atoms with Gasteiger partial charge in [-0.3, -0.25) is 19.3 Å². The number of aromatic nitrogens is 1. The van der Waals surface area contributed by atoms with Gasteiger partial charge < -0.3 is 24.0 Å². The van der Waals surface area contributed by atoms with Gasteiger partial charge in [0.15, 0.2) is 11.5 Å². The Morgan fingerprint density at radius 3 is 2.47 bits per heavy atom. The van der Waals surface area contributed by atoms with Gasteiger partial charge in [-0.1, -0.05) is 38.8 Å². The van der Waals surface area contributed by atoms with Gasteiger partial charge in [-0.15, -0.1) is 0 Å². The second kappa shape index (κ2) is 13.0. The number of rotatable bonds is 13. The molecule has 1 aromatic heterocycles. The van der Waals surface area contributed by atoms with Crippen LogP contribution in [0, 0.1) is 5.92 Å². The van der Waals surface area contributed by atoms with E-state index in [2.05, 4.69) is 13.8 Å². The Bertz CT molecular complexity index is 1160. The molecule has 1 amide bonds. The van der Waals surface area contributed by atoms with E-state index in [1.165, 1.54) is 6.07 Å². The van der Waals surface area contributed by atoms with Crippen LogP contribution in [0.2, 0.25) is 0 Å². The van der Waals surface area contributed by atoms with Crippen molar-refractivity contribution in [3.05, 3.63) is 58.5 Å². The largest absolute Gasteiger partial charge is 0.481 e. The number of carbonyl (C=O) groups excluding carboxylic acids is 1. The van der Waals surface area contributed by atoms with Gasteiger partial charge in [-0.05, 0) is 43.0 Å². The summed E-state index contributed by atoms with van der Waals surface area (Å²) in [5.74, 6) is -0.674. The van der Waals surface area contributed by atoms with Crippen LogP contribution in [-0.2, 0) is 16.1 Å². The third-order valence-electron chi connectivity index (χ3n) is 7.68. The van der Waals surface area contributed by atoms with Crippen molar-refractivity contribution < 1.29 is 24.2 Å². The molecule has 0 spiro atoms. The zero-order valence-corrected chi connectivity index (χ0v) is 22.4. The van der Waals surface area contributed by atoms with Crippen molar-refractivity contribution in [2.24, 2.45) is 5.92 Å². The van der Waals surface area contributed by atoms with Crippen LogP contribution in [0.1, 0.15) is 57.4 Å². The highest BCUT2D eigenvalue weighted by atomic mass is 16.7. The molecule has 1 fully saturated rings. The fraction of sp³-hybridized carbons (Fsp3) is 0.552. The summed E-state index contributed by atoms with van der Waals surface area (Å²) in [5, 5.41) is 10.4. The minimum absolute atomic E-state index is 0.0317. The fourth-order valence-electron chi connectivity index (χ4n) is 5.58. The first-order chi connectivity index (χ1) is 18.4. The van der Waals surface area contributed by atoms with Crippen LogP contribution >= 0.6 is 0 Å². The SMILES string of the molecule is CCCCN(CCCC)C(=O)CN1C[C@H](c2ccc3c(c2)OCO3)C(C(=O)O)[C@@H]1CCn1ccccc1=O. The number of carboxylic acid groups (broad SMARTS) is 1. The number of aryl methyl sites for hydroxylation is 1. The Kier molecular flexibility index (Phi) is 9.44. The van der Waals surface area contributed by atoms with Crippen LogP contribution in [0.3, 0.4) is 0 Å². The number of fused-ring (bicyclic) bond motifs is 1. The molecule has 9 nitrogen and oxygen atoms in total. The van der Waals surface area contributed by atoms with Crippen molar-refractivity contribution in [2.75, 3.05) is 33.0 Å². The molecule has 2 aliphatic heterocycles. The van der Waals surface area contributed by atoms with E-state index in [0.717, 1.165) is 31.2 Å². The Hall–Kier alpha value is -3.33. The van der Waals surface area contributed by atoms with Crippen molar-refractivity contribution in [1.82, 2.24) is 14.4 Å². The highest BCUT2D eigenvalue weighted by Crippen LogP contribution is 2.42. The molecule has 9 heteroatoms. The molecule has 206 valence electrons. The summed E-state index contributed by atoms with van der Waals surface area (Å²) >= 11 is 0. The van der Waals surface area contributed by atoms with Gasteiger partial charge in [0.25, 0.3) is 0 Å². The van der Waals surface area contributed by atoms with Crippen molar-refractivity contribution >= 4 is 11.9 Å². The van der Waals surface area contributed by atoms with Gasteiger partial charge in [0.2, 0.25) is 18.3 Å². The summed E-state index contributed by atoms with van der Waals surface area (Å²) in [5.41, 5.74) is 0.727. The average molecular weight is 526 g/mol. The molecule has 3 heterocycles. The summed E-state index contributed by atoms with van der Waals surface area (Å²) in [7, 11) is 0. The number of hydrogen-bond acceptors (Lipinski definition) is 6. The maximum atomic E-state index is 13.5. The molecule has 3 atom stereocenters. The average Bonchev–Trinajstić information content (AvgIpc) is 3.52. The summed E-state index contributed by atoms with van der Waals surface area (Å²) in [4.78, 5) is 42.5. The van der Waals surface area contributed by atoms with E-state index >= 15 is 0 Å². The predicted octanol–water partition coefficient (Wildman–Crippen LogP) is 3.56. The summed E-state index contributed by atoms with van der Waals surface area (Å²) in [6, 6.07) is 10.2. The van der Waals surface area contributed by atoms with Crippen molar-refractivity contribution in [1.29, 1.82) is 0 Å². The molecular weight excluding hydrogens is 486 g/mol. The highest BCUT2D eigenvalue weighted by molar-refractivity contribution is 5.79. The number of amides is 1. The first kappa shape index (κ1) is 27.7. The van der Waals surface area contributed by atoms with E-state index in [-0.39, 0.29) is 30.7 Å². The van der Waals surface area contributed by atoms with Crippen LogP contribution in [0.4, 0.5) is 0 Å².